The smallest absolute Gasteiger partial charge is 0.459 e. The summed E-state index contributed by atoms with van der Waals surface area (Å²) in [6.45, 7) is 3.12. The molecule has 0 amide bonds. The van der Waals surface area contributed by atoms with Crippen molar-refractivity contribution in [2.75, 3.05) is 24.7 Å². The third-order valence-corrected chi connectivity index (χ3v) is 9.30. The lowest BCUT2D eigenvalue weighted by molar-refractivity contribution is -0.382. The Morgan fingerprint density at radius 2 is 1.33 bits per heavy atom. The zero-order chi connectivity index (χ0) is 26.1. The number of halogens is 9. The first kappa shape index (κ1) is 29.3. The molecule has 0 aromatic heterocycles. The highest BCUT2D eigenvalue weighted by Crippen LogP contribution is 2.61. The van der Waals surface area contributed by atoms with Gasteiger partial charge in [0, 0.05) is 17.1 Å². The van der Waals surface area contributed by atoms with Crippen LogP contribution in [-0.4, -0.2) is 67.7 Å². The maximum Gasteiger partial charge on any atom is 0.460 e. The van der Waals surface area contributed by atoms with E-state index in [1.807, 2.05) is 0 Å². The van der Waals surface area contributed by atoms with Gasteiger partial charge in [0.1, 0.15) is 13.2 Å². The van der Waals surface area contributed by atoms with Gasteiger partial charge in [-0.1, -0.05) is 6.58 Å². The van der Waals surface area contributed by atoms with Crippen molar-refractivity contribution in [2.45, 2.75) is 43.0 Å². The van der Waals surface area contributed by atoms with Crippen LogP contribution in [0.4, 0.5) is 44.3 Å². The molecular formula is C15H17F9O7S2. The molecule has 0 saturated carbocycles. The molecule has 0 spiro atoms. The number of carbonyl (C=O) groups is 2. The van der Waals surface area contributed by atoms with Crippen LogP contribution in [0.15, 0.2) is 12.2 Å². The first-order valence-electron chi connectivity index (χ1n) is 8.60. The van der Waals surface area contributed by atoms with Crippen LogP contribution < -0.4 is 0 Å². The fourth-order valence-electron chi connectivity index (χ4n) is 2.26. The first-order valence-corrected chi connectivity index (χ1v) is 11.9. The summed E-state index contributed by atoms with van der Waals surface area (Å²) < 4.78 is 154. The highest BCUT2D eigenvalue weighted by atomic mass is 32.3. The lowest BCUT2D eigenvalue weighted by Crippen LogP contribution is -2.63. The standard InChI is InChI=1S/C15H17F9O7S2/c1-9(2)10(25)29-5-6-30-11(26)32(7-3-4-8-32)31-33(27,28)15(23,24)13(18,19)12(16,17)14(20,21)22/h1,3-8H2,2H3. The Morgan fingerprint density at radius 3 is 1.76 bits per heavy atom. The summed E-state index contributed by atoms with van der Waals surface area (Å²) in [6.07, 6.45) is -7.37. The van der Waals surface area contributed by atoms with Crippen LogP contribution in [0.5, 0.6) is 0 Å². The molecule has 1 heterocycles. The normalized spacial score (nSPS) is 18.5. The van der Waals surface area contributed by atoms with Crippen molar-refractivity contribution in [1.29, 1.82) is 0 Å². The topological polar surface area (TPSA) is 96.0 Å². The van der Waals surface area contributed by atoms with Gasteiger partial charge in [0.25, 0.3) is 0 Å². The molecule has 1 aliphatic rings. The molecule has 7 nitrogen and oxygen atoms in total. The predicted molar refractivity (Wildman–Crippen MR) is 94.6 cm³/mol. The van der Waals surface area contributed by atoms with E-state index in [9.17, 15) is 57.5 Å². The van der Waals surface area contributed by atoms with Crippen LogP contribution >= 0.6 is 10.3 Å². The molecule has 0 bridgehead atoms. The van der Waals surface area contributed by atoms with Gasteiger partial charge in [-0.2, -0.15) is 47.9 Å². The maximum atomic E-state index is 13.9. The van der Waals surface area contributed by atoms with Gasteiger partial charge in [0.15, 0.2) is 0 Å². The molecule has 1 aliphatic heterocycles. The second-order valence-electron chi connectivity index (χ2n) is 6.63. The molecule has 1 rings (SSSR count). The lowest BCUT2D eigenvalue weighted by atomic mass is 10.1. The van der Waals surface area contributed by atoms with E-state index in [1.165, 1.54) is 6.92 Å². The van der Waals surface area contributed by atoms with Crippen molar-refractivity contribution in [3.8, 4) is 0 Å². The van der Waals surface area contributed by atoms with Gasteiger partial charge in [-0.25, -0.2) is 13.2 Å². The molecule has 1 saturated heterocycles. The average Bonchev–Trinajstić information content (AvgIpc) is 3.12. The molecule has 0 aromatic carbocycles. The van der Waals surface area contributed by atoms with Crippen LogP contribution in [-0.2, 0) is 28.0 Å². The van der Waals surface area contributed by atoms with E-state index in [-0.39, 0.29) is 18.4 Å². The zero-order valence-corrected chi connectivity index (χ0v) is 18.2. The van der Waals surface area contributed by atoms with Gasteiger partial charge < -0.3 is 9.47 Å². The molecule has 1 fully saturated rings. The van der Waals surface area contributed by atoms with Crippen LogP contribution in [0, 0.1) is 0 Å². The molecule has 0 N–H and O–H groups in total. The fraction of sp³-hybridized carbons (Fsp3) is 0.733. The van der Waals surface area contributed by atoms with E-state index in [1.54, 1.807) is 0 Å². The molecule has 0 radical (unpaired) electrons. The van der Waals surface area contributed by atoms with Crippen molar-refractivity contribution in [1.82, 2.24) is 0 Å². The molecular weight excluding hydrogens is 527 g/mol. The second kappa shape index (κ2) is 9.52. The Bertz CT molecular complexity index is 879. The molecule has 33 heavy (non-hydrogen) atoms. The highest BCUT2D eigenvalue weighted by molar-refractivity contribution is 8.43. The van der Waals surface area contributed by atoms with Gasteiger partial charge in [0.2, 0.25) is 0 Å². The summed E-state index contributed by atoms with van der Waals surface area (Å²) in [5.74, 6) is -17.2. The Balaban J connectivity index is 3.13. The Kier molecular flexibility index (Phi) is 8.46. The Hall–Kier alpha value is -1.69. The largest absolute Gasteiger partial charge is 0.460 e. The summed E-state index contributed by atoms with van der Waals surface area (Å²) in [7, 11) is -11.2. The first-order chi connectivity index (χ1) is 14.7. The maximum absolute atomic E-state index is 13.9. The molecule has 18 heteroatoms. The van der Waals surface area contributed by atoms with Crippen LogP contribution in [0.2, 0.25) is 0 Å². The van der Waals surface area contributed by atoms with Crippen LogP contribution in [0.1, 0.15) is 19.8 Å². The number of hydrogen-bond donors (Lipinski definition) is 0. The quantitative estimate of drug-likeness (QED) is 0.182. The van der Waals surface area contributed by atoms with E-state index in [0.29, 0.717) is 0 Å². The Morgan fingerprint density at radius 1 is 0.879 bits per heavy atom. The lowest BCUT2D eigenvalue weighted by Gasteiger charge is -2.36. The van der Waals surface area contributed by atoms with E-state index in [4.69, 9.17) is 0 Å². The molecule has 0 aliphatic carbocycles. The molecule has 0 atom stereocenters. The van der Waals surface area contributed by atoms with Crippen molar-refractivity contribution in [3.05, 3.63) is 12.2 Å². The second-order valence-corrected chi connectivity index (χ2v) is 11.4. The van der Waals surface area contributed by atoms with Gasteiger partial charge in [-0.15, -0.1) is 0 Å². The SMILES string of the molecule is C=C(C)C(=O)OCCOC(=O)S1(OS(=O)(=O)C(F)(F)C(F)(F)C(F)(F)C(F)(F)F)CCCC1. The summed E-state index contributed by atoms with van der Waals surface area (Å²) in [4.78, 5) is 23.5. The molecule has 0 unspecified atom stereocenters. The fourth-order valence-corrected chi connectivity index (χ4v) is 7.36. The van der Waals surface area contributed by atoms with Gasteiger partial charge in [0.05, 0.1) is 0 Å². The van der Waals surface area contributed by atoms with Gasteiger partial charge >= 0.3 is 44.7 Å². The third-order valence-electron chi connectivity index (χ3n) is 4.04. The van der Waals surface area contributed by atoms with Crippen LogP contribution in [0.3, 0.4) is 0 Å². The van der Waals surface area contributed by atoms with Crippen molar-refractivity contribution < 1.29 is 70.6 Å². The number of alkyl halides is 9. The van der Waals surface area contributed by atoms with E-state index in [0.717, 1.165) is 0 Å². The van der Waals surface area contributed by atoms with Crippen molar-refractivity contribution in [2.24, 2.45) is 0 Å². The minimum absolute atomic E-state index is 0.0486. The van der Waals surface area contributed by atoms with Gasteiger partial charge in [-0.3, -0.25) is 0 Å². The number of hydrogen-bond acceptors (Lipinski definition) is 7. The summed E-state index contributed by atoms with van der Waals surface area (Å²) >= 11 is 0. The minimum Gasteiger partial charge on any atom is -0.459 e. The van der Waals surface area contributed by atoms with Crippen molar-refractivity contribution in [3.63, 3.8) is 0 Å². The van der Waals surface area contributed by atoms with E-state index < -0.39 is 79.7 Å². The average molecular weight is 544 g/mol. The molecule has 0 aromatic rings. The van der Waals surface area contributed by atoms with E-state index in [2.05, 4.69) is 19.7 Å². The van der Waals surface area contributed by atoms with Crippen molar-refractivity contribution >= 4 is 31.7 Å². The highest BCUT2D eigenvalue weighted by Gasteiger charge is 2.86. The van der Waals surface area contributed by atoms with E-state index >= 15 is 0 Å². The zero-order valence-electron chi connectivity index (χ0n) is 16.5. The van der Waals surface area contributed by atoms with Gasteiger partial charge in [-0.05, 0) is 30.1 Å². The van der Waals surface area contributed by atoms with Crippen LogP contribution in [0.25, 0.3) is 0 Å². The Labute approximate surface area is 182 Å². The summed E-state index contributed by atoms with van der Waals surface area (Å²) in [5.41, 5.74) is -0.0486. The number of carbonyl (C=O) groups excluding carboxylic acids is 2. The number of esters is 1. The predicted octanol–water partition coefficient (Wildman–Crippen LogP) is 4.53. The molecule has 194 valence electrons. The number of ether oxygens (including phenoxy) is 2. The summed E-state index contributed by atoms with van der Waals surface area (Å²) in [5, 5.41) is -8.73. The monoisotopic (exact) mass is 544 g/mol. The third kappa shape index (κ3) is 5.52. The number of rotatable bonds is 9. The summed E-state index contributed by atoms with van der Waals surface area (Å²) in [6, 6.07) is 0. The minimum atomic E-state index is -7.49.